The number of hydrogen-bond donors (Lipinski definition) is 0. The van der Waals surface area contributed by atoms with Crippen molar-refractivity contribution in [1.29, 1.82) is 0 Å². The lowest BCUT2D eigenvalue weighted by molar-refractivity contribution is 0.354. The maximum Gasteiger partial charge on any atom is 0.185 e. The van der Waals surface area contributed by atoms with Crippen molar-refractivity contribution >= 4 is 49.5 Å². The highest BCUT2D eigenvalue weighted by Crippen LogP contribution is 2.34. The second-order valence-corrected chi connectivity index (χ2v) is 11.7. The van der Waals surface area contributed by atoms with E-state index in [1.807, 2.05) is 17.5 Å². The van der Waals surface area contributed by atoms with Gasteiger partial charge in [0.2, 0.25) is 0 Å². The van der Waals surface area contributed by atoms with Gasteiger partial charge in [-0.05, 0) is 42.7 Å². The Morgan fingerprint density at radius 2 is 1.79 bits per heavy atom. The number of sulfone groups is 1. The number of thiazole rings is 1. The molecule has 0 radical (unpaired) electrons. The van der Waals surface area contributed by atoms with Gasteiger partial charge in [0.15, 0.2) is 26.5 Å². The molecule has 1 fully saturated rings. The predicted molar refractivity (Wildman–Crippen MR) is 133 cm³/mol. The Morgan fingerprint density at radius 1 is 1.06 bits per heavy atom. The van der Waals surface area contributed by atoms with Crippen LogP contribution in [0.5, 0.6) is 11.5 Å². The zero-order valence-electron chi connectivity index (χ0n) is 18.3. The lowest BCUT2D eigenvalue weighted by atomic mass is 10.1. The molecule has 33 heavy (non-hydrogen) atoms. The van der Waals surface area contributed by atoms with E-state index in [0.29, 0.717) is 53.9 Å². The molecule has 2 aromatic carbocycles. The third-order valence-corrected chi connectivity index (χ3v) is 9.56. The van der Waals surface area contributed by atoms with Crippen molar-refractivity contribution in [1.82, 2.24) is 4.98 Å². The second-order valence-electron chi connectivity index (χ2n) is 7.78. The summed E-state index contributed by atoms with van der Waals surface area (Å²) in [7, 11) is -0.454. The van der Waals surface area contributed by atoms with E-state index in [-0.39, 0.29) is 4.90 Å². The topological polar surface area (TPSA) is 68.7 Å². The van der Waals surface area contributed by atoms with Crippen LogP contribution < -0.4 is 14.4 Å². The number of rotatable bonds is 7. The normalized spacial score (nSPS) is 15.0. The van der Waals surface area contributed by atoms with Crippen LogP contribution in [-0.2, 0) is 16.3 Å². The van der Waals surface area contributed by atoms with Crippen molar-refractivity contribution in [3.8, 4) is 11.5 Å². The molecule has 0 N–H and O–H groups in total. The van der Waals surface area contributed by atoms with Crippen LogP contribution in [0.4, 0.5) is 5.13 Å². The highest BCUT2D eigenvalue weighted by molar-refractivity contribution is 7.92. The lowest BCUT2D eigenvalue weighted by Crippen LogP contribution is -2.39. The fraction of sp³-hybridized carbons (Fsp3) is 0.348. The summed E-state index contributed by atoms with van der Waals surface area (Å²) in [6.07, 6.45) is 1.69. The first-order chi connectivity index (χ1) is 15.8. The molecule has 3 aromatic rings. The fourth-order valence-electron chi connectivity index (χ4n) is 3.93. The summed E-state index contributed by atoms with van der Waals surface area (Å²) >= 11 is 13.8. The SMILES string of the molecule is COc1ccc(S(=O)(=O)C2CCN(c3nc(Cc4ccc(Cl)cc4Cl)cs3)CC2)cc1OC. The van der Waals surface area contributed by atoms with Gasteiger partial charge in [0.25, 0.3) is 0 Å². The summed E-state index contributed by atoms with van der Waals surface area (Å²) in [4.78, 5) is 7.16. The molecular formula is C23H24Cl2N2O4S2. The minimum absolute atomic E-state index is 0.259. The van der Waals surface area contributed by atoms with Gasteiger partial charge in [0, 0.05) is 41.0 Å². The summed E-state index contributed by atoms with van der Waals surface area (Å²) in [5.74, 6) is 0.915. The van der Waals surface area contributed by atoms with Crippen molar-refractivity contribution in [2.75, 3.05) is 32.2 Å². The van der Waals surface area contributed by atoms with Crippen LogP contribution in [0, 0.1) is 0 Å². The van der Waals surface area contributed by atoms with E-state index >= 15 is 0 Å². The Hall–Kier alpha value is -2.00. The van der Waals surface area contributed by atoms with Crippen LogP contribution >= 0.6 is 34.5 Å². The van der Waals surface area contributed by atoms with E-state index in [1.54, 1.807) is 29.5 Å². The van der Waals surface area contributed by atoms with Gasteiger partial charge in [-0.15, -0.1) is 11.3 Å². The van der Waals surface area contributed by atoms with Crippen molar-refractivity contribution in [2.45, 2.75) is 29.4 Å². The fourth-order valence-corrected chi connectivity index (χ4v) is 7.03. The summed E-state index contributed by atoms with van der Waals surface area (Å²) < 4.78 is 36.9. The number of methoxy groups -OCH3 is 2. The van der Waals surface area contributed by atoms with E-state index < -0.39 is 15.1 Å². The Labute approximate surface area is 208 Å². The molecule has 1 aliphatic heterocycles. The minimum Gasteiger partial charge on any atom is -0.493 e. The monoisotopic (exact) mass is 526 g/mol. The number of anilines is 1. The van der Waals surface area contributed by atoms with Crippen molar-refractivity contribution in [3.05, 3.63) is 63.1 Å². The first kappa shape index (κ1) is 24.1. The zero-order chi connectivity index (χ0) is 23.6. The quantitative estimate of drug-likeness (QED) is 0.404. The zero-order valence-corrected chi connectivity index (χ0v) is 21.4. The molecule has 0 aliphatic carbocycles. The molecule has 10 heteroatoms. The van der Waals surface area contributed by atoms with Gasteiger partial charge < -0.3 is 14.4 Å². The standard InChI is InChI=1S/C23H24Cl2N2O4S2/c1-30-21-6-5-19(13-22(21)31-2)33(28,29)18-7-9-27(10-8-18)23-26-17(14-32-23)11-15-3-4-16(24)12-20(15)25/h3-6,12-14,18H,7-11H2,1-2H3. The maximum absolute atomic E-state index is 13.2. The van der Waals surface area contributed by atoms with Crippen LogP contribution in [0.25, 0.3) is 0 Å². The number of ether oxygens (including phenoxy) is 2. The van der Waals surface area contributed by atoms with Gasteiger partial charge in [0.05, 0.1) is 30.1 Å². The van der Waals surface area contributed by atoms with Crippen LogP contribution in [0.15, 0.2) is 46.7 Å². The van der Waals surface area contributed by atoms with Crippen LogP contribution in [-0.4, -0.2) is 46.0 Å². The third kappa shape index (κ3) is 5.24. The molecular weight excluding hydrogens is 503 g/mol. The molecule has 0 saturated carbocycles. The molecule has 2 heterocycles. The van der Waals surface area contributed by atoms with Gasteiger partial charge in [-0.2, -0.15) is 0 Å². The smallest absolute Gasteiger partial charge is 0.185 e. The number of nitrogens with zero attached hydrogens (tertiary/aromatic N) is 2. The minimum atomic E-state index is -3.47. The van der Waals surface area contributed by atoms with Crippen LogP contribution in [0.2, 0.25) is 10.0 Å². The highest BCUT2D eigenvalue weighted by Gasteiger charge is 2.32. The van der Waals surface area contributed by atoms with E-state index in [4.69, 9.17) is 37.7 Å². The van der Waals surface area contributed by atoms with E-state index in [9.17, 15) is 8.42 Å². The largest absolute Gasteiger partial charge is 0.493 e. The lowest BCUT2D eigenvalue weighted by Gasteiger charge is -2.31. The van der Waals surface area contributed by atoms with Gasteiger partial charge in [-0.1, -0.05) is 29.3 Å². The molecule has 1 aromatic heterocycles. The van der Waals surface area contributed by atoms with E-state index in [2.05, 4.69) is 4.90 Å². The molecule has 0 spiro atoms. The van der Waals surface area contributed by atoms with Crippen molar-refractivity contribution in [2.24, 2.45) is 0 Å². The average Bonchev–Trinajstić information content (AvgIpc) is 3.29. The van der Waals surface area contributed by atoms with Gasteiger partial charge in [-0.25, -0.2) is 13.4 Å². The Bertz CT molecular complexity index is 1240. The number of benzene rings is 2. The molecule has 0 amide bonds. The summed E-state index contributed by atoms with van der Waals surface area (Å²) in [6, 6.07) is 10.2. The Morgan fingerprint density at radius 3 is 2.45 bits per heavy atom. The molecule has 6 nitrogen and oxygen atoms in total. The summed E-state index contributed by atoms with van der Waals surface area (Å²) in [6.45, 7) is 1.26. The van der Waals surface area contributed by atoms with Crippen molar-refractivity contribution < 1.29 is 17.9 Å². The first-order valence-corrected chi connectivity index (χ1v) is 13.6. The second kappa shape index (κ2) is 10.1. The predicted octanol–water partition coefficient (Wildman–Crippen LogP) is 5.50. The maximum atomic E-state index is 13.2. The van der Waals surface area contributed by atoms with Gasteiger partial charge in [0.1, 0.15) is 0 Å². The summed E-state index contributed by atoms with van der Waals surface area (Å²) in [5, 5.41) is 3.70. The molecule has 4 rings (SSSR count). The summed E-state index contributed by atoms with van der Waals surface area (Å²) in [5.41, 5.74) is 1.90. The third-order valence-electron chi connectivity index (χ3n) is 5.76. The number of aromatic nitrogens is 1. The number of piperidine rings is 1. The molecule has 0 atom stereocenters. The molecule has 1 aliphatic rings. The average molecular weight is 527 g/mol. The van der Waals surface area contributed by atoms with Gasteiger partial charge in [-0.3, -0.25) is 0 Å². The highest BCUT2D eigenvalue weighted by atomic mass is 35.5. The number of hydrogen-bond acceptors (Lipinski definition) is 7. The van der Waals surface area contributed by atoms with Crippen LogP contribution in [0.1, 0.15) is 24.1 Å². The van der Waals surface area contributed by atoms with Crippen molar-refractivity contribution in [3.63, 3.8) is 0 Å². The molecule has 0 unspecified atom stereocenters. The van der Waals surface area contributed by atoms with E-state index in [0.717, 1.165) is 16.4 Å². The van der Waals surface area contributed by atoms with E-state index in [1.165, 1.54) is 20.3 Å². The molecule has 0 bridgehead atoms. The number of halogens is 2. The molecule has 176 valence electrons. The van der Waals surface area contributed by atoms with Crippen LogP contribution in [0.3, 0.4) is 0 Å². The Kier molecular flexibility index (Phi) is 7.38. The Balaban J connectivity index is 1.42. The molecule has 1 saturated heterocycles. The first-order valence-electron chi connectivity index (χ1n) is 10.4. The van der Waals surface area contributed by atoms with Gasteiger partial charge >= 0.3 is 0 Å².